The minimum Gasteiger partial charge on any atom is -0.511 e. The van der Waals surface area contributed by atoms with Gasteiger partial charge in [0.05, 0.1) is 17.9 Å². The molecule has 4 heteroatoms. The molecule has 4 nitrogen and oxygen atoms in total. The largest absolute Gasteiger partial charge is 0.511 e. The zero-order valence-corrected chi connectivity index (χ0v) is 11.5. The molecule has 2 N–H and O–H groups in total. The Balaban J connectivity index is 2.30. The first-order chi connectivity index (χ1) is 9.67. The van der Waals surface area contributed by atoms with Gasteiger partial charge in [-0.25, -0.2) is 0 Å². The van der Waals surface area contributed by atoms with Crippen LogP contribution in [-0.2, 0) is 4.79 Å². The van der Waals surface area contributed by atoms with Crippen LogP contribution < -0.4 is 0 Å². The molecule has 1 aliphatic rings. The van der Waals surface area contributed by atoms with E-state index in [9.17, 15) is 15.0 Å². The summed E-state index contributed by atoms with van der Waals surface area (Å²) in [5.74, 6) is -0.116. The van der Waals surface area contributed by atoms with Gasteiger partial charge in [0.15, 0.2) is 5.78 Å². The molecule has 1 aliphatic carbocycles. The Morgan fingerprint density at radius 3 is 2.55 bits per heavy atom. The molecule has 0 spiro atoms. The zero-order chi connectivity index (χ0) is 14.5. The highest BCUT2D eigenvalue weighted by Gasteiger charge is 2.30. The summed E-state index contributed by atoms with van der Waals surface area (Å²) < 4.78 is 0. The van der Waals surface area contributed by atoms with Crippen molar-refractivity contribution < 1.29 is 15.0 Å². The Kier molecular flexibility index (Phi) is 4.69. The van der Waals surface area contributed by atoms with Crippen molar-refractivity contribution in [3.05, 3.63) is 47.2 Å². The molecule has 0 aromatic heterocycles. The summed E-state index contributed by atoms with van der Waals surface area (Å²) in [7, 11) is 0. The van der Waals surface area contributed by atoms with Crippen LogP contribution in [0.15, 0.2) is 46.7 Å². The molecule has 1 aromatic rings. The molecule has 0 fully saturated rings. The van der Waals surface area contributed by atoms with Crippen molar-refractivity contribution in [3.63, 3.8) is 0 Å². The Bertz CT molecular complexity index is 546. The molecule has 0 heterocycles. The number of aliphatic hydroxyl groups is 2. The van der Waals surface area contributed by atoms with Crippen LogP contribution in [0, 0.1) is 0 Å². The average Bonchev–Trinajstić information content (AvgIpc) is 2.46. The summed E-state index contributed by atoms with van der Waals surface area (Å²) >= 11 is 0. The first kappa shape index (κ1) is 14.5. The van der Waals surface area contributed by atoms with Gasteiger partial charge >= 0.3 is 0 Å². The molecule has 1 aromatic carbocycles. The number of hydrogen-bond acceptors (Lipinski definition) is 4. The van der Waals surface area contributed by atoms with E-state index >= 15 is 0 Å². The number of allylic oxidation sites excluding steroid dienone is 1. The summed E-state index contributed by atoms with van der Waals surface area (Å²) in [4.78, 5) is 16.3. The number of benzene rings is 1. The van der Waals surface area contributed by atoms with Crippen molar-refractivity contribution in [3.8, 4) is 0 Å². The van der Waals surface area contributed by atoms with E-state index in [1.165, 1.54) is 0 Å². The average molecular weight is 273 g/mol. The highest BCUT2D eigenvalue weighted by atomic mass is 16.3. The second-order valence-electron chi connectivity index (χ2n) is 4.84. The molecule has 2 rings (SSSR count). The highest BCUT2D eigenvalue weighted by molar-refractivity contribution is 6.23. The summed E-state index contributed by atoms with van der Waals surface area (Å²) in [6.45, 7) is 1.98. The van der Waals surface area contributed by atoms with E-state index in [2.05, 4.69) is 4.99 Å². The molecule has 0 aliphatic heterocycles. The standard InChI is InChI=1S/C16H19NO3/c1-2-17-13(10-18)16-14(19)8-12(9-15(16)20)11-6-4-3-5-7-11/h3-7,12,18-19H,2,8-10H2,1H3. The van der Waals surface area contributed by atoms with Gasteiger partial charge in [-0.05, 0) is 18.4 Å². The van der Waals surface area contributed by atoms with Crippen LogP contribution in [0.25, 0.3) is 0 Å². The first-order valence-corrected chi connectivity index (χ1v) is 6.82. The van der Waals surface area contributed by atoms with Crippen molar-refractivity contribution in [2.75, 3.05) is 13.2 Å². The van der Waals surface area contributed by atoms with Crippen LogP contribution in [0.2, 0.25) is 0 Å². The third-order valence-corrected chi connectivity index (χ3v) is 3.50. The van der Waals surface area contributed by atoms with Crippen LogP contribution >= 0.6 is 0 Å². The fourth-order valence-corrected chi connectivity index (χ4v) is 2.58. The molecule has 0 saturated heterocycles. The van der Waals surface area contributed by atoms with E-state index < -0.39 is 0 Å². The lowest BCUT2D eigenvalue weighted by atomic mass is 9.81. The monoisotopic (exact) mass is 273 g/mol. The Morgan fingerprint density at radius 1 is 1.30 bits per heavy atom. The zero-order valence-electron chi connectivity index (χ0n) is 11.5. The van der Waals surface area contributed by atoms with E-state index in [0.29, 0.717) is 25.1 Å². The molecule has 0 amide bonds. The predicted octanol–water partition coefficient (Wildman–Crippen LogP) is 2.40. The summed E-state index contributed by atoms with van der Waals surface area (Å²) in [6, 6.07) is 9.70. The molecule has 0 saturated carbocycles. The van der Waals surface area contributed by atoms with Gasteiger partial charge in [-0.1, -0.05) is 30.3 Å². The number of Topliss-reactive ketones (excluding diaryl/α,β-unsaturated/α-hetero) is 1. The lowest BCUT2D eigenvalue weighted by molar-refractivity contribution is -0.116. The molecule has 106 valence electrons. The molecule has 0 radical (unpaired) electrons. The number of carbonyl (C=O) groups is 1. The SMILES string of the molecule is CCN=C(CO)C1=C(O)CC(c2ccccc2)CC1=O. The molecule has 1 atom stereocenters. The van der Waals surface area contributed by atoms with Gasteiger partial charge in [0.1, 0.15) is 5.76 Å². The summed E-state index contributed by atoms with van der Waals surface area (Å²) in [6.07, 6.45) is 0.750. The normalized spacial score (nSPS) is 20.4. The smallest absolute Gasteiger partial charge is 0.168 e. The minimum absolute atomic E-state index is 0.00554. The second-order valence-corrected chi connectivity index (χ2v) is 4.84. The number of hydrogen-bond donors (Lipinski definition) is 2. The van der Waals surface area contributed by atoms with E-state index in [-0.39, 0.29) is 29.6 Å². The first-order valence-electron chi connectivity index (χ1n) is 6.82. The Morgan fingerprint density at radius 2 is 2.00 bits per heavy atom. The maximum absolute atomic E-state index is 12.3. The number of carbonyl (C=O) groups excluding carboxylic acids is 1. The molecule has 20 heavy (non-hydrogen) atoms. The third kappa shape index (κ3) is 2.96. The topological polar surface area (TPSA) is 69.9 Å². The van der Waals surface area contributed by atoms with Crippen LogP contribution in [0.3, 0.4) is 0 Å². The minimum atomic E-state index is -0.324. The van der Waals surface area contributed by atoms with Crippen molar-refractivity contribution in [1.82, 2.24) is 0 Å². The van der Waals surface area contributed by atoms with Gasteiger partial charge < -0.3 is 10.2 Å². The van der Waals surface area contributed by atoms with E-state index in [4.69, 9.17) is 0 Å². The number of nitrogens with zero attached hydrogens (tertiary/aromatic N) is 1. The number of ketones is 1. The fourth-order valence-electron chi connectivity index (χ4n) is 2.58. The maximum atomic E-state index is 12.3. The van der Waals surface area contributed by atoms with Gasteiger partial charge in [0.2, 0.25) is 0 Å². The number of rotatable bonds is 4. The van der Waals surface area contributed by atoms with Gasteiger partial charge in [0.25, 0.3) is 0 Å². The van der Waals surface area contributed by atoms with Crippen molar-refractivity contribution in [2.24, 2.45) is 4.99 Å². The molecular formula is C16H19NO3. The number of aliphatic imine (C=N–C) groups is 1. The van der Waals surface area contributed by atoms with Gasteiger partial charge in [-0.2, -0.15) is 0 Å². The van der Waals surface area contributed by atoms with E-state index in [0.717, 1.165) is 5.56 Å². The quantitative estimate of drug-likeness (QED) is 0.828. The third-order valence-electron chi connectivity index (χ3n) is 3.50. The lowest BCUT2D eigenvalue weighted by Gasteiger charge is -2.24. The van der Waals surface area contributed by atoms with Crippen LogP contribution in [0.1, 0.15) is 31.2 Å². The fraction of sp³-hybridized carbons (Fsp3) is 0.375. The number of aliphatic hydroxyl groups excluding tert-OH is 2. The van der Waals surface area contributed by atoms with Gasteiger partial charge in [-0.15, -0.1) is 0 Å². The Hall–Kier alpha value is -1.94. The second kappa shape index (κ2) is 6.48. The van der Waals surface area contributed by atoms with Crippen molar-refractivity contribution >= 4 is 11.5 Å². The maximum Gasteiger partial charge on any atom is 0.168 e. The van der Waals surface area contributed by atoms with E-state index in [1.54, 1.807) is 0 Å². The highest BCUT2D eigenvalue weighted by Crippen LogP contribution is 2.33. The van der Waals surface area contributed by atoms with Crippen molar-refractivity contribution in [2.45, 2.75) is 25.7 Å². The van der Waals surface area contributed by atoms with E-state index in [1.807, 2.05) is 37.3 Å². The van der Waals surface area contributed by atoms with Crippen molar-refractivity contribution in [1.29, 1.82) is 0 Å². The van der Waals surface area contributed by atoms with Gasteiger partial charge in [0, 0.05) is 19.4 Å². The molecular weight excluding hydrogens is 254 g/mol. The summed E-state index contributed by atoms with van der Waals surface area (Å²) in [5.41, 5.74) is 1.55. The predicted molar refractivity (Wildman–Crippen MR) is 78.1 cm³/mol. The molecule has 0 bridgehead atoms. The van der Waals surface area contributed by atoms with Gasteiger partial charge in [-0.3, -0.25) is 9.79 Å². The Labute approximate surface area is 118 Å². The summed E-state index contributed by atoms with van der Waals surface area (Å²) in [5, 5.41) is 19.5. The lowest BCUT2D eigenvalue weighted by Crippen LogP contribution is -2.25. The van der Waals surface area contributed by atoms with Crippen LogP contribution in [0.5, 0.6) is 0 Å². The van der Waals surface area contributed by atoms with Crippen LogP contribution in [-0.4, -0.2) is 34.9 Å². The van der Waals surface area contributed by atoms with Crippen LogP contribution in [0.4, 0.5) is 0 Å². The molecule has 1 unspecified atom stereocenters.